The van der Waals surface area contributed by atoms with E-state index in [-0.39, 0.29) is 6.04 Å². The van der Waals surface area contributed by atoms with Crippen molar-refractivity contribution in [3.05, 3.63) is 52.4 Å². The third-order valence-electron chi connectivity index (χ3n) is 3.51. The van der Waals surface area contributed by atoms with Crippen molar-refractivity contribution in [1.82, 2.24) is 5.32 Å². The summed E-state index contributed by atoms with van der Waals surface area (Å²) < 4.78 is 11.4. The lowest BCUT2D eigenvalue weighted by Gasteiger charge is -2.19. The Morgan fingerprint density at radius 3 is 3.05 bits per heavy atom. The molecular formula is C16H18ClNO2. The molecule has 1 unspecified atom stereocenters. The zero-order valence-corrected chi connectivity index (χ0v) is 12.2. The molecule has 0 saturated heterocycles. The highest BCUT2D eigenvalue weighted by Gasteiger charge is 2.25. The van der Waals surface area contributed by atoms with Gasteiger partial charge < -0.3 is 14.5 Å². The summed E-state index contributed by atoms with van der Waals surface area (Å²) in [5.74, 6) is 1.85. The molecule has 20 heavy (non-hydrogen) atoms. The van der Waals surface area contributed by atoms with Crippen LogP contribution in [0.2, 0.25) is 5.02 Å². The zero-order chi connectivity index (χ0) is 13.9. The Morgan fingerprint density at radius 2 is 2.30 bits per heavy atom. The van der Waals surface area contributed by atoms with Gasteiger partial charge in [0, 0.05) is 17.0 Å². The van der Waals surface area contributed by atoms with Gasteiger partial charge in [0.2, 0.25) is 0 Å². The molecule has 0 radical (unpaired) electrons. The van der Waals surface area contributed by atoms with E-state index in [1.165, 1.54) is 5.56 Å². The minimum Gasteiger partial charge on any atom is -0.493 e. The molecule has 3 nitrogen and oxygen atoms in total. The molecule has 1 N–H and O–H groups in total. The van der Waals surface area contributed by atoms with E-state index in [0.29, 0.717) is 0 Å². The summed E-state index contributed by atoms with van der Waals surface area (Å²) >= 11 is 6.25. The van der Waals surface area contributed by atoms with Crippen molar-refractivity contribution in [1.29, 1.82) is 0 Å². The molecule has 0 aliphatic carbocycles. The number of hydrogen-bond donors (Lipinski definition) is 1. The van der Waals surface area contributed by atoms with Crippen LogP contribution in [-0.2, 0) is 6.42 Å². The molecule has 0 bridgehead atoms. The van der Waals surface area contributed by atoms with Crippen LogP contribution in [0.5, 0.6) is 5.75 Å². The topological polar surface area (TPSA) is 34.4 Å². The molecule has 0 amide bonds. The van der Waals surface area contributed by atoms with Crippen molar-refractivity contribution in [2.24, 2.45) is 0 Å². The van der Waals surface area contributed by atoms with Crippen molar-refractivity contribution >= 4 is 11.6 Å². The Morgan fingerprint density at radius 1 is 1.40 bits per heavy atom. The predicted molar refractivity (Wildman–Crippen MR) is 79.5 cm³/mol. The normalized spacial score (nSPS) is 14.9. The zero-order valence-electron chi connectivity index (χ0n) is 11.5. The summed E-state index contributed by atoms with van der Waals surface area (Å²) in [5, 5.41) is 4.26. The number of benzene rings is 1. The molecule has 1 aliphatic rings. The van der Waals surface area contributed by atoms with Crippen molar-refractivity contribution in [3.8, 4) is 5.75 Å². The number of fused-ring (bicyclic) bond motifs is 1. The van der Waals surface area contributed by atoms with Crippen LogP contribution in [0.1, 0.15) is 36.3 Å². The molecule has 106 valence electrons. The van der Waals surface area contributed by atoms with Gasteiger partial charge in [-0.1, -0.05) is 18.5 Å². The van der Waals surface area contributed by atoms with Crippen LogP contribution >= 0.6 is 11.6 Å². The van der Waals surface area contributed by atoms with E-state index in [2.05, 4.69) is 12.2 Å². The maximum Gasteiger partial charge on any atom is 0.127 e. The number of halogens is 1. The Hall–Kier alpha value is -1.45. The van der Waals surface area contributed by atoms with Gasteiger partial charge in [-0.25, -0.2) is 0 Å². The highest BCUT2D eigenvalue weighted by molar-refractivity contribution is 6.30. The first kappa shape index (κ1) is 13.5. The first-order valence-corrected chi connectivity index (χ1v) is 7.39. The van der Waals surface area contributed by atoms with Crippen molar-refractivity contribution in [2.75, 3.05) is 13.2 Å². The van der Waals surface area contributed by atoms with E-state index in [1.54, 1.807) is 6.26 Å². The summed E-state index contributed by atoms with van der Waals surface area (Å²) in [6.45, 7) is 3.78. The molecule has 1 aliphatic heterocycles. The number of ether oxygens (including phenoxy) is 1. The van der Waals surface area contributed by atoms with Crippen LogP contribution in [0.3, 0.4) is 0 Å². The molecule has 4 heteroatoms. The van der Waals surface area contributed by atoms with E-state index in [9.17, 15) is 0 Å². The minimum atomic E-state index is -0.0181. The first-order chi connectivity index (χ1) is 9.79. The van der Waals surface area contributed by atoms with Gasteiger partial charge in [-0.15, -0.1) is 0 Å². The third kappa shape index (κ3) is 2.56. The van der Waals surface area contributed by atoms with Gasteiger partial charge in [-0.05, 0) is 42.8 Å². The van der Waals surface area contributed by atoms with Crippen LogP contribution in [0.4, 0.5) is 0 Å². The lowest BCUT2D eigenvalue weighted by molar-refractivity contribution is 0.347. The van der Waals surface area contributed by atoms with Gasteiger partial charge in [0.05, 0.1) is 18.9 Å². The Labute approximate surface area is 123 Å². The predicted octanol–water partition coefficient (Wildman–Crippen LogP) is 3.96. The van der Waals surface area contributed by atoms with Crippen molar-refractivity contribution in [3.63, 3.8) is 0 Å². The fraction of sp³-hybridized carbons (Fsp3) is 0.375. The molecule has 1 atom stereocenters. The van der Waals surface area contributed by atoms with Crippen molar-refractivity contribution in [2.45, 2.75) is 25.8 Å². The second-order valence-electron chi connectivity index (χ2n) is 4.98. The van der Waals surface area contributed by atoms with E-state index in [4.69, 9.17) is 20.8 Å². The second kappa shape index (κ2) is 5.90. The smallest absolute Gasteiger partial charge is 0.127 e. The average molecular weight is 292 g/mol. The van der Waals surface area contributed by atoms with E-state index in [0.717, 1.165) is 48.1 Å². The molecule has 2 heterocycles. The van der Waals surface area contributed by atoms with Crippen LogP contribution < -0.4 is 10.1 Å². The fourth-order valence-corrected chi connectivity index (χ4v) is 2.87. The Kier molecular flexibility index (Phi) is 3.99. The standard InChI is InChI=1S/C16H18ClNO2/c1-2-6-18-15(14-4-3-7-19-14)13-10-12(17)9-11-5-8-20-16(11)13/h3-4,7,9-10,15,18H,2,5-6,8H2,1H3. The van der Waals surface area contributed by atoms with Gasteiger partial charge in [0.25, 0.3) is 0 Å². The molecule has 0 spiro atoms. The Balaban J connectivity index is 2.03. The number of furan rings is 1. The third-order valence-corrected chi connectivity index (χ3v) is 3.73. The Bertz CT molecular complexity index is 580. The molecule has 2 aromatic rings. The lowest BCUT2D eigenvalue weighted by atomic mass is 10.00. The summed E-state index contributed by atoms with van der Waals surface area (Å²) in [7, 11) is 0. The molecule has 3 rings (SSSR count). The largest absolute Gasteiger partial charge is 0.493 e. The quantitative estimate of drug-likeness (QED) is 0.905. The minimum absolute atomic E-state index is 0.0181. The second-order valence-corrected chi connectivity index (χ2v) is 5.42. The van der Waals surface area contributed by atoms with Gasteiger partial charge >= 0.3 is 0 Å². The van der Waals surface area contributed by atoms with Gasteiger partial charge in [-0.2, -0.15) is 0 Å². The summed E-state index contributed by atoms with van der Waals surface area (Å²) in [5.41, 5.74) is 2.25. The summed E-state index contributed by atoms with van der Waals surface area (Å²) in [4.78, 5) is 0. The fourth-order valence-electron chi connectivity index (χ4n) is 2.62. The van der Waals surface area contributed by atoms with Gasteiger partial charge in [-0.3, -0.25) is 0 Å². The maximum atomic E-state index is 6.25. The van der Waals surface area contributed by atoms with Crippen LogP contribution in [0, 0.1) is 0 Å². The average Bonchev–Trinajstić information content (AvgIpc) is 3.09. The number of rotatable bonds is 5. The van der Waals surface area contributed by atoms with E-state index < -0.39 is 0 Å². The number of hydrogen-bond acceptors (Lipinski definition) is 3. The van der Waals surface area contributed by atoms with Crippen LogP contribution in [0.15, 0.2) is 34.9 Å². The number of nitrogens with one attached hydrogen (secondary N) is 1. The first-order valence-electron chi connectivity index (χ1n) is 7.01. The van der Waals surface area contributed by atoms with E-state index in [1.807, 2.05) is 24.3 Å². The van der Waals surface area contributed by atoms with Gasteiger partial charge in [0.1, 0.15) is 11.5 Å². The molecule has 1 aromatic heterocycles. The lowest BCUT2D eigenvalue weighted by Crippen LogP contribution is -2.23. The summed E-state index contributed by atoms with van der Waals surface area (Å²) in [6, 6.07) is 7.83. The molecule has 1 aromatic carbocycles. The molecule has 0 saturated carbocycles. The highest BCUT2D eigenvalue weighted by Crippen LogP contribution is 2.38. The van der Waals surface area contributed by atoms with Crippen molar-refractivity contribution < 1.29 is 9.15 Å². The van der Waals surface area contributed by atoms with Crippen LogP contribution in [0.25, 0.3) is 0 Å². The van der Waals surface area contributed by atoms with Gasteiger partial charge in [0.15, 0.2) is 0 Å². The molecular weight excluding hydrogens is 274 g/mol. The monoisotopic (exact) mass is 291 g/mol. The van der Waals surface area contributed by atoms with E-state index >= 15 is 0 Å². The highest BCUT2D eigenvalue weighted by atomic mass is 35.5. The molecule has 0 fully saturated rings. The summed E-state index contributed by atoms with van der Waals surface area (Å²) in [6.07, 6.45) is 3.67. The van der Waals surface area contributed by atoms with Crippen LogP contribution in [-0.4, -0.2) is 13.2 Å². The maximum absolute atomic E-state index is 6.25. The SMILES string of the molecule is CCCNC(c1ccco1)c1cc(Cl)cc2c1OCC2.